The van der Waals surface area contributed by atoms with Crippen LogP contribution < -0.4 is 5.32 Å². The lowest BCUT2D eigenvalue weighted by Gasteiger charge is -2.14. The summed E-state index contributed by atoms with van der Waals surface area (Å²) in [7, 11) is 0. The quantitative estimate of drug-likeness (QED) is 0.870. The first-order valence-electron chi connectivity index (χ1n) is 6.86. The van der Waals surface area contributed by atoms with Crippen molar-refractivity contribution < 1.29 is 13.2 Å². The first kappa shape index (κ1) is 15.6. The van der Waals surface area contributed by atoms with Crippen LogP contribution in [-0.4, -0.2) is 6.04 Å². The molecule has 2 aromatic carbocycles. The zero-order valence-electron chi connectivity index (χ0n) is 12.3. The van der Waals surface area contributed by atoms with Gasteiger partial charge < -0.3 is 5.32 Å². The molecule has 21 heavy (non-hydrogen) atoms. The lowest BCUT2D eigenvalue weighted by Crippen LogP contribution is -2.22. The third-order valence-corrected chi connectivity index (χ3v) is 3.31. The summed E-state index contributed by atoms with van der Waals surface area (Å²) in [5.74, 6) is -1.73. The van der Waals surface area contributed by atoms with Gasteiger partial charge in [-0.1, -0.05) is 19.9 Å². The predicted octanol–water partition coefficient (Wildman–Crippen LogP) is 4.58. The molecule has 2 aromatic rings. The number of aryl methyl sites for hydroxylation is 1. The van der Waals surface area contributed by atoms with E-state index in [0.29, 0.717) is 17.7 Å². The van der Waals surface area contributed by atoms with Gasteiger partial charge in [0.05, 0.1) is 0 Å². The molecule has 1 N–H and O–H groups in total. The molecule has 0 fully saturated rings. The molecule has 0 bridgehead atoms. The van der Waals surface area contributed by atoms with Gasteiger partial charge in [0.2, 0.25) is 0 Å². The molecule has 1 nitrogen and oxygen atoms in total. The molecule has 0 atom stereocenters. The van der Waals surface area contributed by atoms with Crippen molar-refractivity contribution >= 4 is 0 Å². The SMILES string of the molecule is Cc1cc(-c2cc(F)ccc2CNC(C)C)c(F)cc1F. The van der Waals surface area contributed by atoms with E-state index < -0.39 is 17.5 Å². The minimum absolute atomic E-state index is 0.217. The summed E-state index contributed by atoms with van der Waals surface area (Å²) in [6.45, 7) is 6.03. The summed E-state index contributed by atoms with van der Waals surface area (Å²) in [6, 6.07) is 6.76. The highest BCUT2D eigenvalue weighted by Crippen LogP contribution is 2.29. The highest BCUT2D eigenvalue weighted by atomic mass is 19.1. The first-order valence-corrected chi connectivity index (χ1v) is 6.86. The van der Waals surface area contributed by atoms with E-state index in [1.165, 1.54) is 18.2 Å². The molecule has 0 amide bonds. The van der Waals surface area contributed by atoms with Crippen LogP contribution in [0, 0.1) is 24.4 Å². The van der Waals surface area contributed by atoms with Crippen molar-refractivity contribution in [2.75, 3.05) is 0 Å². The van der Waals surface area contributed by atoms with E-state index in [0.717, 1.165) is 11.6 Å². The summed E-state index contributed by atoms with van der Waals surface area (Å²) in [5.41, 5.74) is 1.77. The molecule has 0 radical (unpaired) electrons. The largest absolute Gasteiger partial charge is 0.310 e. The topological polar surface area (TPSA) is 12.0 Å². The van der Waals surface area contributed by atoms with Crippen LogP contribution >= 0.6 is 0 Å². The van der Waals surface area contributed by atoms with Gasteiger partial charge in [-0.15, -0.1) is 0 Å². The normalized spacial score (nSPS) is 11.2. The number of halogens is 3. The molecule has 0 unspecified atom stereocenters. The van der Waals surface area contributed by atoms with Crippen LogP contribution in [0.1, 0.15) is 25.0 Å². The highest BCUT2D eigenvalue weighted by Gasteiger charge is 2.14. The Morgan fingerprint density at radius 1 is 0.952 bits per heavy atom. The van der Waals surface area contributed by atoms with E-state index in [-0.39, 0.29) is 11.6 Å². The van der Waals surface area contributed by atoms with Crippen molar-refractivity contribution in [2.24, 2.45) is 0 Å². The maximum absolute atomic E-state index is 14.0. The second-order valence-electron chi connectivity index (χ2n) is 5.42. The molecular weight excluding hydrogens is 275 g/mol. The van der Waals surface area contributed by atoms with Gasteiger partial charge in [0.25, 0.3) is 0 Å². The molecule has 0 aromatic heterocycles. The van der Waals surface area contributed by atoms with E-state index in [1.54, 1.807) is 13.0 Å². The van der Waals surface area contributed by atoms with Gasteiger partial charge in [-0.05, 0) is 41.8 Å². The van der Waals surface area contributed by atoms with Crippen molar-refractivity contribution in [3.8, 4) is 11.1 Å². The third kappa shape index (κ3) is 3.64. The monoisotopic (exact) mass is 293 g/mol. The zero-order chi connectivity index (χ0) is 15.6. The standard InChI is InChI=1S/C17H18F3N/c1-10(2)21-9-12-4-5-13(18)7-14(12)15-6-11(3)16(19)8-17(15)20/h4-8,10,21H,9H2,1-3H3. The summed E-state index contributed by atoms with van der Waals surface area (Å²) in [5, 5.41) is 3.22. The van der Waals surface area contributed by atoms with E-state index >= 15 is 0 Å². The lowest BCUT2D eigenvalue weighted by molar-refractivity contribution is 0.577. The van der Waals surface area contributed by atoms with Crippen LogP contribution in [0.25, 0.3) is 11.1 Å². The van der Waals surface area contributed by atoms with E-state index in [9.17, 15) is 13.2 Å². The molecule has 0 spiro atoms. The Labute approximate surface area is 122 Å². The molecule has 0 saturated carbocycles. The Bertz CT molecular complexity index is 651. The van der Waals surface area contributed by atoms with Gasteiger partial charge in [-0.2, -0.15) is 0 Å². The van der Waals surface area contributed by atoms with Crippen LogP contribution in [0.3, 0.4) is 0 Å². The molecule has 0 aliphatic heterocycles. The minimum atomic E-state index is -0.686. The van der Waals surface area contributed by atoms with Gasteiger partial charge in [-0.25, -0.2) is 13.2 Å². The summed E-state index contributed by atoms with van der Waals surface area (Å²) in [6.07, 6.45) is 0. The summed E-state index contributed by atoms with van der Waals surface area (Å²) >= 11 is 0. The number of benzene rings is 2. The van der Waals surface area contributed by atoms with Crippen LogP contribution in [0.4, 0.5) is 13.2 Å². The van der Waals surface area contributed by atoms with Crippen molar-refractivity contribution in [1.82, 2.24) is 5.32 Å². The van der Waals surface area contributed by atoms with Crippen LogP contribution in [0.2, 0.25) is 0 Å². The van der Waals surface area contributed by atoms with Crippen LogP contribution in [-0.2, 0) is 6.54 Å². The van der Waals surface area contributed by atoms with Crippen LogP contribution in [0.5, 0.6) is 0 Å². The molecular formula is C17H18F3N. The molecule has 0 saturated heterocycles. The molecule has 0 aliphatic carbocycles. The molecule has 2 rings (SSSR count). The predicted molar refractivity (Wildman–Crippen MR) is 78.5 cm³/mol. The van der Waals surface area contributed by atoms with Crippen molar-refractivity contribution in [1.29, 1.82) is 0 Å². The Morgan fingerprint density at radius 2 is 1.67 bits per heavy atom. The molecule has 112 valence electrons. The van der Waals surface area contributed by atoms with Gasteiger partial charge in [0.1, 0.15) is 17.5 Å². The molecule has 0 aliphatic rings. The number of rotatable bonds is 4. The van der Waals surface area contributed by atoms with Crippen molar-refractivity contribution in [3.63, 3.8) is 0 Å². The fourth-order valence-corrected chi connectivity index (χ4v) is 2.13. The summed E-state index contributed by atoms with van der Waals surface area (Å²) < 4.78 is 41.0. The average Bonchev–Trinajstić information content (AvgIpc) is 2.41. The zero-order valence-corrected chi connectivity index (χ0v) is 12.3. The summed E-state index contributed by atoms with van der Waals surface area (Å²) in [4.78, 5) is 0. The molecule has 4 heteroatoms. The highest BCUT2D eigenvalue weighted by molar-refractivity contribution is 5.69. The number of nitrogens with one attached hydrogen (secondary N) is 1. The van der Waals surface area contributed by atoms with Crippen molar-refractivity contribution in [2.45, 2.75) is 33.4 Å². The Kier molecular flexibility index (Phi) is 4.68. The first-order chi connectivity index (χ1) is 9.88. The van der Waals surface area contributed by atoms with Crippen molar-refractivity contribution in [3.05, 3.63) is 58.9 Å². The second-order valence-corrected chi connectivity index (χ2v) is 5.42. The van der Waals surface area contributed by atoms with Gasteiger partial charge in [0.15, 0.2) is 0 Å². The fourth-order valence-electron chi connectivity index (χ4n) is 2.13. The van der Waals surface area contributed by atoms with Gasteiger partial charge in [0, 0.05) is 24.2 Å². The number of hydrogen-bond acceptors (Lipinski definition) is 1. The van der Waals surface area contributed by atoms with E-state index in [1.807, 2.05) is 13.8 Å². The Hall–Kier alpha value is -1.81. The minimum Gasteiger partial charge on any atom is -0.310 e. The smallest absolute Gasteiger partial charge is 0.133 e. The average molecular weight is 293 g/mol. The second kappa shape index (κ2) is 6.31. The third-order valence-electron chi connectivity index (χ3n) is 3.31. The van der Waals surface area contributed by atoms with E-state index in [2.05, 4.69) is 5.32 Å². The lowest BCUT2D eigenvalue weighted by atomic mass is 9.97. The van der Waals surface area contributed by atoms with Gasteiger partial charge in [-0.3, -0.25) is 0 Å². The maximum Gasteiger partial charge on any atom is 0.133 e. The van der Waals surface area contributed by atoms with Gasteiger partial charge >= 0.3 is 0 Å². The fraction of sp³-hybridized carbons (Fsp3) is 0.294. The number of hydrogen-bond donors (Lipinski definition) is 1. The van der Waals surface area contributed by atoms with E-state index in [4.69, 9.17) is 0 Å². The Morgan fingerprint density at radius 3 is 2.33 bits per heavy atom. The maximum atomic E-state index is 14.0. The van der Waals surface area contributed by atoms with Crippen LogP contribution in [0.15, 0.2) is 30.3 Å². The Balaban J connectivity index is 2.51. The molecule has 0 heterocycles.